The Balaban J connectivity index is 1.43. The molecule has 0 atom stereocenters. The quantitative estimate of drug-likeness (QED) is 0.538. The molecular weight excluding hydrogens is 374 g/mol. The molecule has 2 N–H and O–H groups in total. The normalized spacial score (nSPS) is 10.6. The molecule has 2 aromatic heterocycles. The maximum absolute atomic E-state index is 12.3. The second-order valence-corrected chi connectivity index (χ2v) is 7.07. The number of hydrogen-bond acceptors (Lipinski definition) is 5. The topological polar surface area (TPSA) is 73.9 Å². The van der Waals surface area contributed by atoms with E-state index in [0.717, 1.165) is 37.3 Å². The van der Waals surface area contributed by atoms with Crippen molar-refractivity contribution in [3.63, 3.8) is 0 Å². The summed E-state index contributed by atoms with van der Waals surface area (Å²) >= 11 is 5.89. The van der Waals surface area contributed by atoms with Gasteiger partial charge in [-0.05, 0) is 42.7 Å². The first kappa shape index (κ1) is 19.9. The van der Waals surface area contributed by atoms with Crippen molar-refractivity contribution in [1.29, 1.82) is 0 Å². The summed E-state index contributed by atoms with van der Waals surface area (Å²) in [5.74, 6) is 1.47. The highest BCUT2D eigenvalue weighted by atomic mass is 35.5. The fourth-order valence-electron chi connectivity index (χ4n) is 2.83. The Bertz CT molecular complexity index is 928. The number of anilines is 2. The Morgan fingerprint density at radius 2 is 1.93 bits per heavy atom. The van der Waals surface area contributed by atoms with Gasteiger partial charge in [-0.1, -0.05) is 29.8 Å². The van der Waals surface area contributed by atoms with Crippen molar-refractivity contribution in [2.45, 2.75) is 19.3 Å². The van der Waals surface area contributed by atoms with Gasteiger partial charge >= 0.3 is 0 Å². The first-order valence-electron chi connectivity index (χ1n) is 9.30. The van der Waals surface area contributed by atoms with E-state index in [-0.39, 0.29) is 5.56 Å². The first-order chi connectivity index (χ1) is 13.6. The van der Waals surface area contributed by atoms with Gasteiger partial charge in [-0.25, -0.2) is 9.97 Å². The molecule has 0 aliphatic rings. The smallest absolute Gasteiger partial charge is 0.255 e. The highest BCUT2D eigenvalue weighted by Crippen LogP contribution is 2.12. The van der Waals surface area contributed by atoms with Crippen LogP contribution in [0, 0.1) is 0 Å². The summed E-state index contributed by atoms with van der Waals surface area (Å²) < 4.78 is 0. The van der Waals surface area contributed by atoms with Crippen molar-refractivity contribution in [3.8, 4) is 0 Å². The minimum atomic E-state index is -0.123. The number of benzene rings is 1. The summed E-state index contributed by atoms with van der Waals surface area (Å²) in [6.07, 6.45) is 5.93. The van der Waals surface area contributed by atoms with E-state index in [2.05, 4.69) is 25.2 Å². The lowest BCUT2D eigenvalue weighted by atomic mass is 10.1. The summed E-state index contributed by atoms with van der Waals surface area (Å²) in [6.45, 7) is 1.66. The lowest BCUT2D eigenvalue weighted by molar-refractivity contribution is 0.734. The van der Waals surface area contributed by atoms with Crippen LogP contribution in [0.2, 0.25) is 5.02 Å². The monoisotopic (exact) mass is 397 g/mol. The molecule has 0 radical (unpaired) electrons. The van der Waals surface area contributed by atoms with Gasteiger partial charge in [-0.2, -0.15) is 0 Å². The Labute approximate surface area is 169 Å². The molecule has 0 aliphatic heterocycles. The fraction of sp³-hybridized carbons (Fsp3) is 0.286. The zero-order valence-electron chi connectivity index (χ0n) is 15.9. The molecule has 2 heterocycles. The molecule has 146 valence electrons. The molecule has 1 aromatic carbocycles. The summed E-state index contributed by atoms with van der Waals surface area (Å²) in [5.41, 5.74) is 1.53. The summed E-state index contributed by atoms with van der Waals surface area (Å²) in [4.78, 5) is 25.9. The predicted octanol–water partition coefficient (Wildman–Crippen LogP) is 3.74. The van der Waals surface area contributed by atoms with Gasteiger partial charge in [0.25, 0.3) is 5.56 Å². The number of hydrogen-bond donors (Lipinski definition) is 2. The molecule has 0 bridgehead atoms. The lowest BCUT2D eigenvalue weighted by Crippen LogP contribution is -2.21. The number of nitrogens with zero attached hydrogens (tertiary/aromatic N) is 3. The molecule has 28 heavy (non-hydrogen) atoms. The van der Waals surface area contributed by atoms with Crippen LogP contribution < -0.4 is 15.8 Å². The molecule has 0 spiro atoms. The molecular formula is C21H24ClN5O. The van der Waals surface area contributed by atoms with E-state index in [0.29, 0.717) is 23.0 Å². The minimum Gasteiger partial charge on any atom is -0.360 e. The average Bonchev–Trinajstić information content (AvgIpc) is 2.72. The van der Waals surface area contributed by atoms with Gasteiger partial charge in [0.2, 0.25) is 5.95 Å². The summed E-state index contributed by atoms with van der Waals surface area (Å²) in [5, 5.41) is 3.86. The van der Waals surface area contributed by atoms with Crippen molar-refractivity contribution >= 4 is 23.4 Å². The van der Waals surface area contributed by atoms with Crippen LogP contribution in [0.4, 0.5) is 11.8 Å². The van der Waals surface area contributed by atoms with Crippen LogP contribution in [0.3, 0.4) is 0 Å². The van der Waals surface area contributed by atoms with Crippen LogP contribution in [0.5, 0.6) is 0 Å². The van der Waals surface area contributed by atoms with Gasteiger partial charge in [0.1, 0.15) is 5.82 Å². The second kappa shape index (κ2) is 9.90. The van der Waals surface area contributed by atoms with Crippen LogP contribution in [0.25, 0.3) is 0 Å². The van der Waals surface area contributed by atoms with Crippen LogP contribution >= 0.6 is 11.6 Å². The molecule has 6 nitrogen and oxygen atoms in total. The lowest BCUT2D eigenvalue weighted by Gasteiger charge is -2.17. The van der Waals surface area contributed by atoms with Crippen LogP contribution in [-0.2, 0) is 6.42 Å². The van der Waals surface area contributed by atoms with E-state index in [1.54, 1.807) is 12.4 Å². The zero-order valence-corrected chi connectivity index (χ0v) is 16.6. The SMILES string of the molecule is CN(CCCCNc1ncc(Cc2ccc(Cl)cc2)c(=O)[nH]1)c1ccccn1. The maximum Gasteiger partial charge on any atom is 0.255 e. The van der Waals surface area contributed by atoms with Gasteiger partial charge in [-0.3, -0.25) is 9.78 Å². The minimum absolute atomic E-state index is 0.123. The van der Waals surface area contributed by atoms with Crippen molar-refractivity contribution in [1.82, 2.24) is 15.0 Å². The van der Waals surface area contributed by atoms with E-state index in [9.17, 15) is 4.79 Å². The third-order valence-electron chi connectivity index (χ3n) is 4.43. The number of nitrogens with one attached hydrogen (secondary N) is 2. The molecule has 0 amide bonds. The second-order valence-electron chi connectivity index (χ2n) is 6.63. The molecule has 0 aliphatic carbocycles. The van der Waals surface area contributed by atoms with Gasteiger partial charge in [0.05, 0.1) is 0 Å². The van der Waals surface area contributed by atoms with E-state index in [4.69, 9.17) is 11.6 Å². The molecule has 0 fully saturated rings. The van der Waals surface area contributed by atoms with E-state index in [1.165, 1.54) is 0 Å². The third kappa shape index (κ3) is 5.82. The number of aromatic nitrogens is 3. The van der Waals surface area contributed by atoms with Crippen LogP contribution in [0.15, 0.2) is 59.7 Å². The van der Waals surface area contributed by atoms with Crippen molar-refractivity contribution in [3.05, 3.63) is 81.4 Å². The van der Waals surface area contributed by atoms with Crippen molar-refractivity contribution < 1.29 is 0 Å². The Kier molecular flexibility index (Phi) is 7.03. The van der Waals surface area contributed by atoms with E-state index in [1.807, 2.05) is 49.5 Å². The molecule has 0 unspecified atom stereocenters. The third-order valence-corrected chi connectivity index (χ3v) is 4.69. The molecule has 0 saturated heterocycles. The van der Waals surface area contributed by atoms with Crippen molar-refractivity contribution in [2.75, 3.05) is 30.4 Å². The number of halogens is 1. The largest absolute Gasteiger partial charge is 0.360 e. The first-order valence-corrected chi connectivity index (χ1v) is 9.68. The molecule has 7 heteroatoms. The van der Waals surface area contributed by atoms with Crippen LogP contribution in [-0.4, -0.2) is 35.1 Å². The van der Waals surface area contributed by atoms with Crippen molar-refractivity contribution in [2.24, 2.45) is 0 Å². The summed E-state index contributed by atoms with van der Waals surface area (Å²) in [7, 11) is 2.04. The Morgan fingerprint density at radius 3 is 2.64 bits per heavy atom. The number of unbranched alkanes of at least 4 members (excludes halogenated alkanes) is 1. The highest BCUT2D eigenvalue weighted by Gasteiger charge is 2.05. The van der Waals surface area contributed by atoms with Gasteiger partial charge in [0.15, 0.2) is 0 Å². The molecule has 3 rings (SSSR count). The van der Waals surface area contributed by atoms with Gasteiger partial charge in [-0.15, -0.1) is 0 Å². The highest BCUT2D eigenvalue weighted by molar-refractivity contribution is 6.30. The maximum atomic E-state index is 12.3. The van der Waals surface area contributed by atoms with Gasteiger partial charge in [0, 0.05) is 49.5 Å². The predicted molar refractivity (Wildman–Crippen MR) is 114 cm³/mol. The van der Waals surface area contributed by atoms with E-state index < -0.39 is 0 Å². The Hall–Kier alpha value is -2.86. The number of rotatable bonds is 9. The van der Waals surface area contributed by atoms with E-state index >= 15 is 0 Å². The average molecular weight is 398 g/mol. The Morgan fingerprint density at radius 1 is 1.11 bits per heavy atom. The zero-order chi connectivity index (χ0) is 19.8. The molecule has 0 saturated carbocycles. The fourth-order valence-corrected chi connectivity index (χ4v) is 2.96. The number of H-pyrrole nitrogens is 1. The number of aromatic amines is 1. The van der Waals surface area contributed by atoms with Crippen LogP contribution in [0.1, 0.15) is 24.0 Å². The number of pyridine rings is 1. The molecule has 3 aromatic rings. The standard InChI is InChI=1S/C21H24ClN5O/c1-27(19-6-2-3-11-23-19)13-5-4-12-24-21-25-15-17(20(28)26-21)14-16-7-9-18(22)10-8-16/h2-3,6-11,15H,4-5,12-14H2,1H3,(H2,24,25,26,28). The summed E-state index contributed by atoms with van der Waals surface area (Å²) in [6, 6.07) is 13.4. The van der Waals surface area contributed by atoms with Gasteiger partial charge < -0.3 is 10.2 Å².